The van der Waals surface area contributed by atoms with Crippen LogP contribution in [0.2, 0.25) is 0 Å². The Morgan fingerprint density at radius 1 is 1.08 bits per heavy atom. The number of aryl methyl sites for hydroxylation is 2. The van der Waals surface area contributed by atoms with Crippen LogP contribution in [0.1, 0.15) is 37.6 Å². The molecule has 1 saturated heterocycles. The van der Waals surface area contributed by atoms with Gasteiger partial charge >= 0.3 is 0 Å². The van der Waals surface area contributed by atoms with Crippen LogP contribution in [0.5, 0.6) is 0 Å². The van der Waals surface area contributed by atoms with E-state index in [1.807, 2.05) is 48.9 Å². The van der Waals surface area contributed by atoms with Crippen LogP contribution in [0, 0.1) is 6.92 Å². The summed E-state index contributed by atoms with van der Waals surface area (Å²) in [4.78, 5) is 33.2. The second kappa shape index (κ2) is 7.89. The number of rotatable bonds is 4. The van der Waals surface area contributed by atoms with Crippen LogP contribution in [0.4, 0.5) is 0 Å². The van der Waals surface area contributed by atoms with Gasteiger partial charge in [-0.15, -0.1) is 0 Å². The van der Waals surface area contributed by atoms with E-state index in [4.69, 9.17) is 0 Å². The molecule has 2 heterocycles. The number of fused-ring (bicyclic) bond motifs is 1. The molecule has 1 aromatic heterocycles. The third kappa shape index (κ3) is 3.89. The van der Waals surface area contributed by atoms with Crippen molar-refractivity contribution in [3.63, 3.8) is 0 Å². The van der Waals surface area contributed by atoms with E-state index in [0.29, 0.717) is 25.9 Å². The molecule has 0 radical (unpaired) electrons. The predicted molar refractivity (Wildman–Crippen MR) is 102 cm³/mol. The predicted octanol–water partition coefficient (Wildman–Crippen LogP) is 2.29. The Labute approximate surface area is 154 Å². The lowest BCUT2D eigenvalue weighted by atomic mass is 10.1. The van der Waals surface area contributed by atoms with E-state index in [1.165, 1.54) is 0 Å². The fourth-order valence-corrected chi connectivity index (χ4v) is 3.55. The van der Waals surface area contributed by atoms with Gasteiger partial charge in [0.15, 0.2) is 0 Å². The van der Waals surface area contributed by atoms with Crippen LogP contribution in [-0.2, 0) is 23.1 Å². The fraction of sp³-hybridized carbons (Fsp3) is 0.550. The smallest absolute Gasteiger partial charge is 0.227 e. The van der Waals surface area contributed by atoms with Crippen molar-refractivity contribution in [2.24, 2.45) is 7.05 Å². The zero-order valence-electron chi connectivity index (χ0n) is 16.0. The molecule has 26 heavy (non-hydrogen) atoms. The first-order chi connectivity index (χ1) is 12.5. The van der Waals surface area contributed by atoms with Crippen LogP contribution >= 0.6 is 0 Å². The summed E-state index contributed by atoms with van der Waals surface area (Å²) in [5.41, 5.74) is 3.00. The SMILES string of the molecule is CCCC(=O)N1CCCN(C(=O)Cc2ccc3c(c2)nc(C)n3C)CC1. The molecular weight excluding hydrogens is 328 g/mol. The topological polar surface area (TPSA) is 58.4 Å². The summed E-state index contributed by atoms with van der Waals surface area (Å²) in [6.07, 6.45) is 2.69. The Hall–Kier alpha value is -2.37. The van der Waals surface area contributed by atoms with Crippen LogP contribution in [0.25, 0.3) is 11.0 Å². The Morgan fingerprint density at radius 3 is 2.46 bits per heavy atom. The molecule has 1 aliphatic heterocycles. The fourth-order valence-electron chi connectivity index (χ4n) is 3.55. The molecular formula is C20H28N4O2. The van der Waals surface area contributed by atoms with Gasteiger partial charge < -0.3 is 14.4 Å². The van der Waals surface area contributed by atoms with Crippen molar-refractivity contribution >= 4 is 22.8 Å². The molecule has 2 aromatic rings. The highest BCUT2D eigenvalue weighted by molar-refractivity contribution is 5.82. The maximum absolute atomic E-state index is 12.7. The molecule has 6 nitrogen and oxygen atoms in total. The normalized spacial score (nSPS) is 15.3. The van der Waals surface area contributed by atoms with Gasteiger partial charge in [-0.2, -0.15) is 0 Å². The van der Waals surface area contributed by atoms with Crippen molar-refractivity contribution in [2.45, 2.75) is 39.5 Å². The van der Waals surface area contributed by atoms with E-state index in [1.54, 1.807) is 0 Å². The number of nitrogens with zero attached hydrogens (tertiary/aromatic N) is 4. The summed E-state index contributed by atoms with van der Waals surface area (Å²) in [6.45, 7) is 6.74. The lowest BCUT2D eigenvalue weighted by Crippen LogP contribution is -2.37. The van der Waals surface area contributed by atoms with Gasteiger partial charge in [-0.1, -0.05) is 13.0 Å². The van der Waals surface area contributed by atoms with Gasteiger partial charge in [0.2, 0.25) is 11.8 Å². The summed E-state index contributed by atoms with van der Waals surface area (Å²) in [5.74, 6) is 1.30. The quantitative estimate of drug-likeness (QED) is 0.844. The average Bonchev–Trinajstić information content (AvgIpc) is 2.80. The van der Waals surface area contributed by atoms with Gasteiger partial charge in [0.1, 0.15) is 5.82 Å². The minimum absolute atomic E-state index is 0.127. The second-order valence-corrected chi connectivity index (χ2v) is 7.08. The molecule has 0 unspecified atom stereocenters. The molecule has 0 spiro atoms. The van der Waals surface area contributed by atoms with Gasteiger partial charge in [0.25, 0.3) is 0 Å². The summed E-state index contributed by atoms with van der Waals surface area (Å²) in [7, 11) is 2.00. The van der Waals surface area contributed by atoms with Crippen LogP contribution < -0.4 is 0 Å². The zero-order chi connectivity index (χ0) is 18.7. The van der Waals surface area contributed by atoms with Gasteiger partial charge in [-0.05, 0) is 37.5 Å². The lowest BCUT2D eigenvalue weighted by molar-refractivity contribution is -0.133. The minimum Gasteiger partial charge on any atom is -0.341 e. The summed E-state index contributed by atoms with van der Waals surface area (Å²) < 4.78 is 2.05. The molecule has 0 N–H and O–H groups in total. The number of imidazole rings is 1. The summed E-state index contributed by atoms with van der Waals surface area (Å²) in [5, 5.41) is 0. The summed E-state index contributed by atoms with van der Waals surface area (Å²) >= 11 is 0. The highest BCUT2D eigenvalue weighted by Crippen LogP contribution is 2.17. The van der Waals surface area contributed by atoms with Crippen molar-refractivity contribution in [3.05, 3.63) is 29.6 Å². The van der Waals surface area contributed by atoms with Crippen LogP contribution in [0.15, 0.2) is 18.2 Å². The standard InChI is InChI=1S/C20H28N4O2/c1-4-6-19(25)23-9-5-10-24(12-11-23)20(26)14-16-7-8-18-17(13-16)21-15(2)22(18)3/h7-8,13H,4-6,9-12,14H2,1-3H3. The Kier molecular flexibility index (Phi) is 5.59. The molecule has 0 saturated carbocycles. The van der Waals surface area contributed by atoms with Crippen molar-refractivity contribution < 1.29 is 9.59 Å². The van der Waals surface area contributed by atoms with Gasteiger partial charge in [-0.3, -0.25) is 9.59 Å². The first-order valence-electron chi connectivity index (χ1n) is 9.47. The number of carbonyl (C=O) groups is 2. The number of amides is 2. The molecule has 6 heteroatoms. The first kappa shape index (κ1) is 18.4. The number of carbonyl (C=O) groups excluding carboxylic acids is 2. The lowest BCUT2D eigenvalue weighted by Gasteiger charge is -2.22. The first-order valence-corrected chi connectivity index (χ1v) is 9.47. The maximum Gasteiger partial charge on any atom is 0.227 e. The summed E-state index contributed by atoms with van der Waals surface area (Å²) in [6, 6.07) is 6.05. The largest absolute Gasteiger partial charge is 0.341 e. The van der Waals surface area contributed by atoms with E-state index in [2.05, 4.69) is 9.55 Å². The van der Waals surface area contributed by atoms with E-state index in [9.17, 15) is 9.59 Å². The highest BCUT2D eigenvalue weighted by atomic mass is 16.2. The van der Waals surface area contributed by atoms with Gasteiger partial charge in [0.05, 0.1) is 17.5 Å². The van der Waals surface area contributed by atoms with Crippen molar-refractivity contribution in [2.75, 3.05) is 26.2 Å². The van der Waals surface area contributed by atoms with Crippen molar-refractivity contribution in [3.8, 4) is 0 Å². The number of hydrogen-bond donors (Lipinski definition) is 0. The molecule has 0 atom stereocenters. The number of aromatic nitrogens is 2. The third-order valence-corrected chi connectivity index (χ3v) is 5.19. The average molecular weight is 356 g/mol. The van der Waals surface area contributed by atoms with Crippen molar-refractivity contribution in [1.29, 1.82) is 0 Å². The van der Waals surface area contributed by atoms with Crippen LogP contribution in [-0.4, -0.2) is 57.3 Å². The molecule has 1 fully saturated rings. The molecule has 140 valence electrons. The third-order valence-electron chi connectivity index (χ3n) is 5.19. The molecule has 1 aliphatic rings. The number of benzene rings is 1. The Morgan fingerprint density at radius 2 is 1.77 bits per heavy atom. The van der Waals surface area contributed by atoms with E-state index in [0.717, 1.165) is 48.4 Å². The van der Waals surface area contributed by atoms with E-state index in [-0.39, 0.29) is 11.8 Å². The minimum atomic E-state index is 0.127. The van der Waals surface area contributed by atoms with Crippen LogP contribution in [0.3, 0.4) is 0 Å². The monoisotopic (exact) mass is 356 g/mol. The van der Waals surface area contributed by atoms with E-state index < -0.39 is 0 Å². The van der Waals surface area contributed by atoms with E-state index >= 15 is 0 Å². The number of hydrogen-bond acceptors (Lipinski definition) is 3. The van der Waals surface area contributed by atoms with Gasteiger partial charge in [-0.25, -0.2) is 4.98 Å². The zero-order valence-corrected chi connectivity index (χ0v) is 16.0. The molecule has 2 amide bonds. The maximum atomic E-state index is 12.7. The molecule has 1 aromatic carbocycles. The second-order valence-electron chi connectivity index (χ2n) is 7.08. The van der Waals surface area contributed by atoms with Gasteiger partial charge in [0, 0.05) is 39.6 Å². The Bertz CT molecular complexity index is 811. The molecule has 0 bridgehead atoms. The highest BCUT2D eigenvalue weighted by Gasteiger charge is 2.21. The Balaban J connectivity index is 1.63. The molecule has 3 rings (SSSR count). The van der Waals surface area contributed by atoms with Crippen molar-refractivity contribution in [1.82, 2.24) is 19.4 Å². The molecule has 0 aliphatic carbocycles.